The number of carbonyl (C=O) groups is 2. The van der Waals surface area contributed by atoms with Crippen molar-refractivity contribution < 1.29 is 18.0 Å². The van der Waals surface area contributed by atoms with Crippen LogP contribution in [0.5, 0.6) is 0 Å². The molecule has 1 heterocycles. The zero-order valence-electron chi connectivity index (χ0n) is 14.7. The van der Waals surface area contributed by atoms with Crippen LogP contribution in [0.4, 0.5) is 5.69 Å². The molecule has 1 saturated carbocycles. The zero-order valence-corrected chi connectivity index (χ0v) is 15.6. The minimum absolute atomic E-state index is 0.0283. The fraction of sp³-hybridized carbons (Fsp3) is 0.556. The third kappa shape index (κ3) is 4.62. The molecule has 0 radical (unpaired) electrons. The van der Waals surface area contributed by atoms with Crippen molar-refractivity contribution in [1.29, 1.82) is 0 Å². The van der Waals surface area contributed by atoms with Gasteiger partial charge in [0.2, 0.25) is 15.9 Å². The molecule has 2 fully saturated rings. The van der Waals surface area contributed by atoms with Crippen molar-refractivity contribution >= 4 is 27.5 Å². The molecule has 2 aliphatic rings. The maximum atomic E-state index is 12.1. The number of sulfonamides is 1. The van der Waals surface area contributed by atoms with E-state index in [4.69, 9.17) is 0 Å². The van der Waals surface area contributed by atoms with Crippen LogP contribution in [-0.2, 0) is 14.8 Å². The first-order valence-corrected chi connectivity index (χ1v) is 10.7. The molecule has 1 aliphatic carbocycles. The quantitative estimate of drug-likeness (QED) is 0.752. The molecule has 1 aromatic carbocycles. The molecular formula is C18H25N3O4S. The lowest BCUT2D eigenvalue weighted by molar-refractivity contribution is -0.122. The van der Waals surface area contributed by atoms with E-state index in [1.165, 1.54) is 4.31 Å². The van der Waals surface area contributed by atoms with E-state index >= 15 is 0 Å². The predicted octanol–water partition coefficient (Wildman–Crippen LogP) is 1.58. The zero-order chi connectivity index (χ0) is 18.6. The molecule has 0 bridgehead atoms. The second-order valence-electron chi connectivity index (χ2n) is 6.87. The van der Waals surface area contributed by atoms with Gasteiger partial charge in [-0.15, -0.1) is 0 Å². The Kier molecular flexibility index (Phi) is 5.93. The van der Waals surface area contributed by atoms with E-state index in [1.54, 1.807) is 24.3 Å². The summed E-state index contributed by atoms with van der Waals surface area (Å²) in [6.45, 7) is 1.23. The van der Waals surface area contributed by atoms with Crippen molar-refractivity contribution in [2.75, 3.05) is 30.7 Å². The topological polar surface area (TPSA) is 95.6 Å². The monoisotopic (exact) mass is 379 g/mol. The number of nitrogens with one attached hydrogen (secondary N) is 2. The number of amides is 2. The van der Waals surface area contributed by atoms with E-state index in [0.717, 1.165) is 32.1 Å². The van der Waals surface area contributed by atoms with Crippen molar-refractivity contribution in [2.24, 2.45) is 5.92 Å². The lowest BCUT2D eigenvalue weighted by Gasteiger charge is -2.24. The average molecular weight is 379 g/mol. The van der Waals surface area contributed by atoms with Gasteiger partial charge in [-0.05, 0) is 49.9 Å². The molecule has 1 aromatic rings. The molecule has 26 heavy (non-hydrogen) atoms. The van der Waals surface area contributed by atoms with Crippen molar-refractivity contribution in [3.05, 3.63) is 29.8 Å². The second kappa shape index (κ2) is 8.18. The van der Waals surface area contributed by atoms with E-state index in [-0.39, 0.29) is 30.0 Å². The minimum Gasteiger partial charge on any atom is -0.351 e. The van der Waals surface area contributed by atoms with E-state index < -0.39 is 10.0 Å². The van der Waals surface area contributed by atoms with Gasteiger partial charge >= 0.3 is 0 Å². The highest BCUT2D eigenvalue weighted by Crippen LogP contribution is 2.27. The third-order valence-electron chi connectivity index (χ3n) is 4.99. The van der Waals surface area contributed by atoms with Crippen LogP contribution < -0.4 is 10.6 Å². The predicted molar refractivity (Wildman–Crippen MR) is 99.3 cm³/mol. The maximum absolute atomic E-state index is 12.1. The van der Waals surface area contributed by atoms with Crippen LogP contribution in [-0.4, -0.2) is 49.9 Å². The van der Waals surface area contributed by atoms with Crippen LogP contribution in [0.25, 0.3) is 0 Å². The highest BCUT2D eigenvalue weighted by molar-refractivity contribution is 7.89. The molecule has 1 aliphatic heterocycles. The van der Waals surface area contributed by atoms with Crippen LogP contribution in [0.3, 0.4) is 0 Å². The fourth-order valence-corrected chi connectivity index (χ4v) is 4.54. The van der Waals surface area contributed by atoms with Gasteiger partial charge in [0.25, 0.3) is 5.91 Å². The second-order valence-corrected chi connectivity index (χ2v) is 8.96. The van der Waals surface area contributed by atoms with E-state index in [2.05, 4.69) is 10.6 Å². The van der Waals surface area contributed by atoms with Gasteiger partial charge in [0.15, 0.2) is 0 Å². The highest BCUT2D eigenvalue weighted by atomic mass is 32.2. The summed E-state index contributed by atoms with van der Waals surface area (Å²) >= 11 is 0. The first kappa shape index (κ1) is 18.8. The largest absolute Gasteiger partial charge is 0.351 e. The van der Waals surface area contributed by atoms with Crippen molar-refractivity contribution in [3.63, 3.8) is 0 Å². The summed E-state index contributed by atoms with van der Waals surface area (Å²) in [5.41, 5.74) is 1.10. The van der Waals surface area contributed by atoms with E-state index in [9.17, 15) is 18.0 Å². The van der Waals surface area contributed by atoms with Crippen LogP contribution in [0.2, 0.25) is 0 Å². The summed E-state index contributed by atoms with van der Waals surface area (Å²) in [4.78, 5) is 24.0. The molecule has 2 amide bonds. The van der Waals surface area contributed by atoms with Gasteiger partial charge < -0.3 is 10.6 Å². The Morgan fingerprint density at radius 2 is 1.69 bits per heavy atom. The Hall–Kier alpha value is -1.93. The van der Waals surface area contributed by atoms with Crippen LogP contribution in [0, 0.1) is 5.92 Å². The standard InChI is InChI=1S/C18H25N3O4S/c22-17(19-10-13-26(24,25)21-11-1-2-12-21)15-6-8-16(9-7-15)20-18(23)14-4-3-5-14/h6-9,14H,1-5,10-13H2,(H,19,22)(H,20,23). The smallest absolute Gasteiger partial charge is 0.251 e. The first-order valence-electron chi connectivity index (χ1n) is 9.13. The van der Waals surface area contributed by atoms with Crippen molar-refractivity contribution in [3.8, 4) is 0 Å². The molecular weight excluding hydrogens is 354 g/mol. The lowest BCUT2D eigenvalue weighted by Crippen LogP contribution is -2.36. The Bertz CT molecular complexity index is 751. The first-order chi connectivity index (χ1) is 12.5. The van der Waals surface area contributed by atoms with Gasteiger partial charge in [-0.25, -0.2) is 12.7 Å². The Morgan fingerprint density at radius 3 is 2.27 bits per heavy atom. The average Bonchev–Trinajstić information content (AvgIpc) is 3.09. The van der Waals surface area contributed by atoms with Gasteiger partial charge in [0.05, 0.1) is 5.75 Å². The molecule has 2 N–H and O–H groups in total. The summed E-state index contributed by atoms with van der Waals surface area (Å²) in [6, 6.07) is 6.63. The number of hydrogen-bond acceptors (Lipinski definition) is 4. The van der Waals surface area contributed by atoms with Gasteiger partial charge in [0, 0.05) is 36.8 Å². The summed E-state index contributed by atoms with van der Waals surface area (Å²) in [5, 5.41) is 5.49. The number of rotatable bonds is 7. The molecule has 3 rings (SSSR count). The molecule has 0 atom stereocenters. The lowest BCUT2D eigenvalue weighted by atomic mass is 9.85. The summed E-state index contributed by atoms with van der Waals surface area (Å²) < 4.78 is 25.7. The van der Waals surface area contributed by atoms with Crippen LogP contribution in [0.15, 0.2) is 24.3 Å². The highest BCUT2D eigenvalue weighted by Gasteiger charge is 2.26. The maximum Gasteiger partial charge on any atom is 0.251 e. The normalized spacial score (nSPS) is 18.3. The number of hydrogen-bond donors (Lipinski definition) is 2. The number of anilines is 1. The molecule has 0 unspecified atom stereocenters. The molecule has 1 saturated heterocycles. The molecule has 142 valence electrons. The van der Waals surface area contributed by atoms with Gasteiger partial charge in [-0.3, -0.25) is 9.59 Å². The third-order valence-corrected chi connectivity index (χ3v) is 6.87. The fourth-order valence-electron chi connectivity index (χ4n) is 3.11. The van der Waals surface area contributed by atoms with Crippen LogP contribution in [0.1, 0.15) is 42.5 Å². The SMILES string of the molecule is O=C(NCCS(=O)(=O)N1CCCC1)c1ccc(NC(=O)C2CCC2)cc1. The number of nitrogens with zero attached hydrogens (tertiary/aromatic N) is 1. The summed E-state index contributed by atoms with van der Waals surface area (Å²) in [5.74, 6) is -0.275. The molecule has 7 nitrogen and oxygen atoms in total. The van der Waals surface area contributed by atoms with Crippen molar-refractivity contribution in [2.45, 2.75) is 32.1 Å². The number of carbonyl (C=O) groups excluding carboxylic acids is 2. The summed E-state index contributed by atoms with van der Waals surface area (Å²) in [7, 11) is -3.29. The Balaban J connectivity index is 1.46. The molecule has 0 aromatic heterocycles. The summed E-state index contributed by atoms with van der Waals surface area (Å²) in [6.07, 6.45) is 4.77. The van der Waals surface area contributed by atoms with Crippen molar-refractivity contribution in [1.82, 2.24) is 9.62 Å². The Morgan fingerprint density at radius 1 is 1.04 bits per heavy atom. The van der Waals surface area contributed by atoms with Gasteiger partial charge in [0.1, 0.15) is 0 Å². The molecule has 0 spiro atoms. The molecule has 8 heteroatoms. The minimum atomic E-state index is -3.29. The Labute approximate surface area is 154 Å². The van der Waals surface area contributed by atoms with Crippen LogP contribution >= 0.6 is 0 Å². The van der Waals surface area contributed by atoms with Gasteiger partial charge in [-0.1, -0.05) is 6.42 Å². The van der Waals surface area contributed by atoms with E-state index in [1.807, 2.05) is 0 Å². The number of benzene rings is 1. The van der Waals surface area contributed by atoms with Gasteiger partial charge in [-0.2, -0.15) is 0 Å². The van der Waals surface area contributed by atoms with E-state index in [0.29, 0.717) is 24.3 Å².